The van der Waals surface area contributed by atoms with Gasteiger partial charge in [0.05, 0.1) is 37.1 Å². The third-order valence-corrected chi connectivity index (χ3v) is 7.04. The number of hydrogen-bond acceptors (Lipinski definition) is 8. The maximum absolute atomic E-state index is 15.1. The van der Waals surface area contributed by atoms with Gasteiger partial charge >= 0.3 is 6.09 Å². The van der Waals surface area contributed by atoms with E-state index in [9.17, 15) is 24.3 Å². The summed E-state index contributed by atoms with van der Waals surface area (Å²) in [5, 5.41) is 16.1. The number of primary amides is 1. The minimum atomic E-state index is -0.850. The van der Waals surface area contributed by atoms with Gasteiger partial charge in [-0.05, 0) is 42.3 Å². The Labute approximate surface area is 237 Å². The van der Waals surface area contributed by atoms with Crippen molar-refractivity contribution < 1.29 is 33.4 Å². The second-order valence-electron chi connectivity index (χ2n) is 10.1. The van der Waals surface area contributed by atoms with Crippen LogP contribution < -0.4 is 26.2 Å². The average Bonchev–Trinajstić information content (AvgIpc) is 3.34. The van der Waals surface area contributed by atoms with Crippen molar-refractivity contribution in [1.82, 2.24) is 10.2 Å². The number of hydrogen-bond donors (Lipinski definition) is 4. The normalized spacial score (nSPS) is 17.7. The number of carbonyl (C=O) groups excluding carboxylic acids is 4. The van der Waals surface area contributed by atoms with Gasteiger partial charge in [-0.1, -0.05) is 12.1 Å². The van der Waals surface area contributed by atoms with Crippen LogP contribution >= 0.6 is 0 Å². The largest absolute Gasteiger partial charge is 0.442 e. The molecule has 220 valence electrons. The Morgan fingerprint density at radius 2 is 1.90 bits per heavy atom. The van der Waals surface area contributed by atoms with E-state index in [0.29, 0.717) is 48.8 Å². The number of nitrogens with two attached hydrogens (primary N) is 1. The summed E-state index contributed by atoms with van der Waals surface area (Å²) < 4.78 is 20.3. The second kappa shape index (κ2) is 13.3. The monoisotopic (exact) mass is 570 g/mol. The predicted molar refractivity (Wildman–Crippen MR) is 150 cm³/mol. The van der Waals surface area contributed by atoms with Crippen LogP contribution in [-0.4, -0.2) is 85.7 Å². The fourth-order valence-corrected chi connectivity index (χ4v) is 4.84. The van der Waals surface area contributed by atoms with Crippen LogP contribution in [0.2, 0.25) is 0 Å². The van der Waals surface area contributed by atoms with E-state index in [-0.39, 0.29) is 44.3 Å². The number of carbonyl (C=O) groups is 4. The molecular weight excluding hydrogens is 535 g/mol. The lowest BCUT2D eigenvalue weighted by molar-refractivity contribution is -0.132. The topological polar surface area (TPSA) is 158 Å². The molecule has 2 saturated heterocycles. The van der Waals surface area contributed by atoms with Gasteiger partial charge in [0.2, 0.25) is 17.7 Å². The molecule has 4 rings (SSSR count). The minimum absolute atomic E-state index is 0.0212. The van der Waals surface area contributed by atoms with Crippen LogP contribution in [0.5, 0.6) is 0 Å². The number of nitrogens with zero attached hydrogens (tertiary/aromatic N) is 3. The van der Waals surface area contributed by atoms with Crippen LogP contribution in [0, 0.1) is 5.82 Å². The molecule has 0 bridgehead atoms. The van der Waals surface area contributed by atoms with Crippen LogP contribution in [0.1, 0.15) is 31.4 Å². The molecule has 1 unspecified atom stereocenters. The number of aliphatic hydroxyl groups excluding tert-OH is 1. The number of aliphatic hydroxyl groups is 1. The van der Waals surface area contributed by atoms with Crippen molar-refractivity contribution in [2.75, 3.05) is 60.9 Å². The first-order valence-electron chi connectivity index (χ1n) is 13.5. The highest BCUT2D eigenvalue weighted by molar-refractivity contribution is 5.90. The molecular formula is C28H35FN6O6. The number of anilines is 3. The number of halogens is 1. The van der Waals surface area contributed by atoms with Gasteiger partial charge in [0.25, 0.3) is 0 Å². The summed E-state index contributed by atoms with van der Waals surface area (Å²) in [7, 11) is 0. The standard InChI is InChI=1S/C28H35FN6O6/c1-18(36)31-15-22-17-35(28(40)41-22)21-5-6-24(23(29)14-21)33-9-11-34(12-10-33)27(39)8-7-25(37)19-3-2-4-20(13-19)32-16-26(30)38/h2-6,13-14,22,25,32,37H,7-12,15-17H2,1H3,(H2,30,38)(H,31,36)/t22-,25?/m0/s1. The third kappa shape index (κ3) is 7.84. The molecule has 0 spiro atoms. The molecule has 2 aromatic rings. The van der Waals surface area contributed by atoms with Crippen LogP contribution in [0.4, 0.5) is 26.2 Å². The lowest BCUT2D eigenvalue weighted by Crippen LogP contribution is -2.49. The van der Waals surface area contributed by atoms with Crippen molar-refractivity contribution in [2.45, 2.75) is 32.0 Å². The smallest absolute Gasteiger partial charge is 0.414 e. The van der Waals surface area contributed by atoms with Crippen LogP contribution in [0.15, 0.2) is 42.5 Å². The number of cyclic esters (lactones) is 1. The molecule has 2 aromatic carbocycles. The van der Waals surface area contributed by atoms with Crippen LogP contribution in [0.25, 0.3) is 0 Å². The molecule has 41 heavy (non-hydrogen) atoms. The molecule has 2 atom stereocenters. The van der Waals surface area contributed by atoms with E-state index in [0.717, 1.165) is 0 Å². The molecule has 2 aliphatic heterocycles. The highest BCUT2D eigenvalue weighted by atomic mass is 19.1. The number of benzene rings is 2. The maximum Gasteiger partial charge on any atom is 0.414 e. The molecule has 2 heterocycles. The van der Waals surface area contributed by atoms with Crippen molar-refractivity contribution in [3.05, 3.63) is 53.8 Å². The Morgan fingerprint density at radius 3 is 2.59 bits per heavy atom. The molecule has 4 amide bonds. The fourth-order valence-electron chi connectivity index (χ4n) is 4.84. The van der Waals surface area contributed by atoms with Gasteiger partial charge in [-0.15, -0.1) is 0 Å². The molecule has 13 heteroatoms. The van der Waals surface area contributed by atoms with Gasteiger partial charge in [0.1, 0.15) is 11.9 Å². The Bertz CT molecular complexity index is 1280. The molecule has 0 aromatic heterocycles. The Hall–Kier alpha value is -4.39. The molecule has 0 saturated carbocycles. The minimum Gasteiger partial charge on any atom is -0.442 e. The molecule has 0 aliphatic carbocycles. The van der Waals surface area contributed by atoms with Crippen molar-refractivity contribution in [3.8, 4) is 0 Å². The molecule has 0 radical (unpaired) electrons. The van der Waals surface area contributed by atoms with E-state index in [1.54, 1.807) is 41.3 Å². The quantitative estimate of drug-likeness (QED) is 0.315. The first-order chi connectivity index (χ1) is 19.6. The van der Waals surface area contributed by atoms with Gasteiger partial charge < -0.3 is 36.0 Å². The van der Waals surface area contributed by atoms with E-state index in [1.165, 1.54) is 17.9 Å². The van der Waals surface area contributed by atoms with Gasteiger partial charge in [-0.2, -0.15) is 0 Å². The highest BCUT2D eigenvalue weighted by Crippen LogP contribution is 2.29. The van der Waals surface area contributed by atoms with Gasteiger partial charge in [0.15, 0.2) is 0 Å². The van der Waals surface area contributed by atoms with Gasteiger partial charge in [-0.25, -0.2) is 9.18 Å². The maximum atomic E-state index is 15.1. The zero-order valence-corrected chi connectivity index (χ0v) is 22.8. The lowest BCUT2D eigenvalue weighted by atomic mass is 10.0. The second-order valence-corrected chi connectivity index (χ2v) is 10.1. The summed E-state index contributed by atoms with van der Waals surface area (Å²) in [6.07, 6.45) is -1.58. The van der Waals surface area contributed by atoms with E-state index < -0.39 is 30.0 Å². The number of ether oxygens (including phenoxy) is 1. The molecule has 2 aliphatic rings. The highest BCUT2D eigenvalue weighted by Gasteiger charge is 2.33. The summed E-state index contributed by atoms with van der Waals surface area (Å²) in [5.41, 5.74) is 7.17. The number of amides is 4. The van der Waals surface area contributed by atoms with Gasteiger partial charge in [-0.3, -0.25) is 19.3 Å². The van der Waals surface area contributed by atoms with Crippen LogP contribution in [0.3, 0.4) is 0 Å². The van der Waals surface area contributed by atoms with E-state index in [2.05, 4.69) is 10.6 Å². The summed E-state index contributed by atoms with van der Waals surface area (Å²) in [4.78, 5) is 52.0. The van der Waals surface area contributed by atoms with Crippen LogP contribution in [-0.2, 0) is 19.1 Å². The first-order valence-corrected chi connectivity index (χ1v) is 13.5. The van der Waals surface area contributed by atoms with Crippen molar-refractivity contribution in [3.63, 3.8) is 0 Å². The SMILES string of the molecule is CC(=O)NC[C@H]1CN(c2ccc(N3CCN(C(=O)CCC(O)c4cccc(NCC(N)=O)c4)CC3)c(F)c2)C(=O)O1. The summed E-state index contributed by atoms with van der Waals surface area (Å²) >= 11 is 0. The molecule has 2 fully saturated rings. The summed E-state index contributed by atoms with van der Waals surface area (Å²) in [6, 6.07) is 11.5. The first kappa shape index (κ1) is 29.6. The fraction of sp³-hybridized carbons (Fsp3) is 0.429. The van der Waals surface area contributed by atoms with E-state index in [1.807, 2.05) is 4.90 Å². The summed E-state index contributed by atoms with van der Waals surface area (Å²) in [5.74, 6) is -1.31. The third-order valence-electron chi connectivity index (χ3n) is 7.04. The van der Waals surface area contributed by atoms with E-state index >= 15 is 4.39 Å². The summed E-state index contributed by atoms with van der Waals surface area (Å²) in [6.45, 7) is 3.42. The Balaban J connectivity index is 1.25. The predicted octanol–water partition coefficient (Wildman–Crippen LogP) is 1.35. The van der Waals surface area contributed by atoms with Crippen molar-refractivity contribution in [1.29, 1.82) is 0 Å². The number of rotatable bonds is 11. The zero-order chi connectivity index (χ0) is 29.5. The average molecular weight is 571 g/mol. The van der Waals surface area contributed by atoms with E-state index in [4.69, 9.17) is 10.5 Å². The van der Waals surface area contributed by atoms with Crippen molar-refractivity contribution in [2.24, 2.45) is 5.73 Å². The Kier molecular flexibility index (Phi) is 9.61. The molecule has 12 nitrogen and oxygen atoms in total. The zero-order valence-electron chi connectivity index (χ0n) is 22.8. The number of nitrogens with one attached hydrogen (secondary N) is 2. The lowest BCUT2D eigenvalue weighted by Gasteiger charge is -2.36. The van der Waals surface area contributed by atoms with Gasteiger partial charge in [0, 0.05) is 45.2 Å². The Morgan fingerprint density at radius 1 is 1.15 bits per heavy atom. The number of piperazine rings is 1. The molecule has 5 N–H and O–H groups in total. The van der Waals surface area contributed by atoms with Crippen molar-refractivity contribution >= 4 is 40.9 Å².